The van der Waals surface area contributed by atoms with Gasteiger partial charge in [-0.3, -0.25) is 9.69 Å². The largest absolute Gasteiger partial charge is 0.373 e. The van der Waals surface area contributed by atoms with Crippen LogP contribution in [-0.4, -0.2) is 48.2 Å². The van der Waals surface area contributed by atoms with Crippen LogP contribution in [0.1, 0.15) is 61.9 Å². The Labute approximate surface area is 169 Å². The van der Waals surface area contributed by atoms with Gasteiger partial charge in [0.05, 0.1) is 12.2 Å². The van der Waals surface area contributed by atoms with Crippen molar-refractivity contribution in [1.29, 1.82) is 0 Å². The van der Waals surface area contributed by atoms with Gasteiger partial charge in [0.2, 0.25) is 0 Å². The number of nitrogens with zero attached hydrogens (tertiary/aromatic N) is 1. The molecule has 2 fully saturated rings. The maximum absolute atomic E-state index is 12.7. The SMILES string of the molecule is CC1(C)CN(C2(CNC(=O)c3ccc(CN)cc3)CCCCC2)CCO1.Cl. The first-order valence-electron chi connectivity index (χ1n) is 9.90. The lowest BCUT2D eigenvalue weighted by Gasteiger charge is -2.51. The van der Waals surface area contributed by atoms with Crippen molar-refractivity contribution in [2.24, 2.45) is 5.73 Å². The highest BCUT2D eigenvalue weighted by molar-refractivity contribution is 5.94. The molecule has 0 aromatic heterocycles. The van der Waals surface area contributed by atoms with Gasteiger partial charge in [-0.1, -0.05) is 31.4 Å². The van der Waals surface area contributed by atoms with Gasteiger partial charge in [0.1, 0.15) is 0 Å². The molecular weight excluding hydrogens is 362 g/mol. The number of hydrogen-bond donors (Lipinski definition) is 2. The van der Waals surface area contributed by atoms with Crippen molar-refractivity contribution < 1.29 is 9.53 Å². The topological polar surface area (TPSA) is 67.6 Å². The van der Waals surface area contributed by atoms with E-state index in [0.29, 0.717) is 18.7 Å². The summed E-state index contributed by atoms with van der Waals surface area (Å²) in [5.74, 6) is 0.00559. The monoisotopic (exact) mass is 395 g/mol. The summed E-state index contributed by atoms with van der Waals surface area (Å²) in [4.78, 5) is 15.2. The molecule has 0 unspecified atom stereocenters. The van der Waals surface area contributed by atoms with E-state index in [2.05, 4.69) is 24.1 Å². The predicted octanol–water partition coefficient (Wildman–Crippen LogP) is 3.11. The first kappa shape index (κ1) is 22.2. The second-order valence-electron chi connectivity index (χ2n) is 8.40. The van der Waals surface area contributed by atoms with Crippen molar-refractivity contribution in [2.75, 3.05) is 26.2 Å². The molecule has 0 bridgehead atoms. The second kappa shape index (κ2) is 9.37. The summed E-state index contributed by atoms with van der Waals surface area (Å²) in [5, 5.41) is 3.22. The fourth-order valence-corrected chi connectivity index (χ4v) is 4.38. The highest BCUT2D eigenvalue weighted by atomic mass is 35.5. The first-order valence-corrected chi connectivity index (χ1v) is 9.90. The maximum Gasteiger partial charge on any atom is 0.251 e. The van der Waals surface area contributed by atoms with Gasteiger partial charge < -0.3 is 15.8 Å². The number of amides is 1. The van der Waals surface area contributed by atoms with Crippen LogP contribution in [0, 0.1) is 0 Å². The molecule has 1 aromatic rings. The number of carbonyl (C=O) groups excluding carboxylic acids is 1. The molecule has 2 aliphatic rings. The highest BCUT2D eigenvalue weighted by Crippen LogP contribution is 2.36. The van der Waals surface area contributed by atoms with Crippen LogP contribution in [0.3, 0.4) is 0 Å². The number of nitrogens with one attached hydrogen (secondary N) is 1. The lowest BCUT2D eigenvalue weighted by Crippen LogP contribution is -2.63. The molecule has 3 rings (SSSR count). The van der Waals surface area contributed by atoms with Crippen molar-refractivity contribution in [1.82, 2.24) is 10.2 Å². The molecule has 1 saturated carbocycles. The smallest absolute Gasteiger partial charge is 0.251 e. The summed E-state index contributed by atoms with van der Waals surface area (Å²) in [5.41, 5.74) is 7.33. The first-order chi connectivity index (χ1) is 12.4. The number of nitrogens with two attached hydrogens (primary N) is 1. The quantitative estimate of drug-likeness (QED) is 0.803. The molecular formula is C21H34ClN3O2. The number of benzene rings is 1. The van der Waals surface area contributed by atoms with E-state index in [0.717, 1.165) is 38.1 Å². The number of morpholine rings is 1. The summed E-state index contributed by atoms with van der Waals surface area (Å²) >= 11 is 0. The van der Waals surface area contributed by atoms with E-state index in [-0.39, 0.29) is 29.5 Å². The molecule has 0 atom stereocenters. The van der Waals surface area contributed by atoms with Gasteiger partial charge in [-0.25, -0.2) is 0 Å². The summed E-state index contributed by atoms with van der Waals surface area (Å²) in [6.45, 7) is 8.17. The number of ether oxygens (including phenoxy) is 1. The molecule has 1 saturated heterocycles. The Morgan fingerprint density at radius 3 is 2.44 bits per heavy atom. The van der Waals surface area contributed by atoms with Crippen LogP contribution in [-0.2, 0) is 11.3 Å². The number of halogens is 1. The van der Waals surface area contributed by atoms with Crippen molar-refractivity contribution in [2.45, 2.75) is 63.6 Å². The molecule has 1 aliphatic carbocycles. The molecule has 0 radical (unpaired) electrons. The molecule has 0 spiro atoms. The van der Waals surface area contributed by atoms with Gasteiger partial charge in [0.25, 0.3) is 5.91 Å². The van der Waals surface area contributed by atoms with E-state index < -0.39 is 0 Å². The highest BCUT2D eigenvalue weighted by Gasteiger charge is 2.42. The zero-order chi connectivity index (χ0) is 18.6. The van der Waals surface area contributed by atoms with E-state index >= 15 is 0 Å². The molecule has 152 valence electrons. The minimum atomic E-state index is -0.120. The molecule has 1 aliphatic heterocycles. The lowest BCUT2D eigenvalue weighted by atomic mass is 9.79. The number of rotatable bonds is 5. The Balaban J connectivity index is 0.00000261. The van der Waals surface area contributed by atoms with Gasteiger partial charge in [-0.15, -0.1) is 12.4 Å². The molecule has 1 aromatic carbocycles. The predicted molar refractivity (Wildman–Crippen MR) is 111 cm³/mol. The molecule has 1 heterocycles. The van der Waals surface area contributed by atoms with Gasteiger partial charge in [0.15, 0.2) is 0 Å². The van der Waals surface area contributed by atoms with Crippen LogP contribution in [0.4, 0.5) is 0 Å². The van der Waals surface area contributed by atoms with Crippen LogP contribution in [0.25, 0.3) is 0 Å². The lowest BCUT2D eigenvalue weighted by molar-refractivity contribution is -0.122. The van der Waals surface area contributed by atoms with Crippen molar-refractivity contribution >= 4 is 18.3 Å². The third-order valence-electron chi connectivity index (χ3n) is 5.91. The summed E-state index contributed by atoms with van der Waals surface area (Å²) in [7, 11) is 0. The summed E-state index contributed by atoms with van der Waals surface area (Å²) in [6, 6.07) is 7.58. The van der Waals surface area contributed by atoms with Crippen LogP contribution < -0.4 is 11.1 Å². The Hall–Kier alpha value is -1.14. The average Bonchev–Trinajstić information content (AvgIpc) is 2.66. The Kier molecular flexibility index (Phi) is 7.69. The van der Waals surface area contributed by atoms with E-state index in [1.165, 1.54) is 19.3 Å². The van der Waals surface area contributed by atoms with Crippen LogP contribution in [0.5, 0.6) is 0 Å². The Morgan fingerprint density at radius 2 is 1.85 bits per heavy atom. The average molecular weight is 396 g/mol. The maximum atomic E-state index is 12.7. The summed E-state index contributed by atoms with van der Waals surface area (Å²) in [6.07, 6.45) is 6.06. The molecule has 5 nitrogen and oxygen atoms in total. The molecule has 3 N–H and O–H groups in total. The third-order valence-corrected chi connectivity index (χ3v) is 5.91. The van der Waals surface area contributed by atoms with Crippen molar-refractivity contribution in [3.8, 4) is 0 Å². The fourth-order valence-electron chi connectivity index (χ4n) is 4.38. The van der Waals surface area contributed by atoms with Crippen LogP contribution in [0.15, 0.2) is 24.3 Å². The second-order valence-corrected chi connectivity index (χ2v) is 8.40. The molecule has 6 heteroatoms. The molecule has 27 heavy (non-hydrogen) atoms. The molecule has 1 amide bonds. The van der Waals surface area contributed by atoms with Gasteiger partial charge in [0, 0.05) is 37.3 Å². The van der Waals surface area contributed by atoms with Gasteiger partial charge in [-0.2, -0.15) is 0 Å². The van der Waals surface area contributed by atoms with E-state index in [4.69, 9.17) is 10.5 Å². The zero-order valence-electron chi connectivity index (χ0n) is 16.6. The fraction of sp³-hybridized carbons (Fsp3) is 0.667. The van der Waals surface area contributed by atoms with Gasteiger partial charge in [-0.05, 0) is 44.4 Å². The number of hydrogen-bond acceptors (Lipinski definition) is 4. The van der Waals surface area contributed by atoms with E-state index in [1.807, 2.05) is 24.3 Å². The van der Waals surface area contributed by atoms with Crippen molar-refractivity contribution in [3.05, 3.63) is 35.4 Å². The standard InChI is InChI=1S/C21H33N3O2.ClH/c1-20(2)16-24(12-13-26-20)21(10-4-3-5-11-21)15-23-19(25)18-8-6-17(14-22)7-9-18;/h6-9H,3-5,10-16,22H2,1-2H3,(H,23,25);1H. The Morgan fingerprint density at radius 1 is 1.19 bits per heavy atom. The zero-order valence-corrected chi connectivity index (χ0v) is 17.4. The minimum Gasteiger partial charge on any atom is -0.373 e. The summed E-state index contributed by atoms with van der Waals surface area (Å²) < 4.78 is 5.91. The van der Waals surface area contributed by atoms with Crippen LogP contribution >= 0.6 is 12.4 Å². The van der Waals surface area contributed by atoms with Crippen LogP contribution in [0.2, 0.25) is 0 Å². The van der Waals surface area contributed by atoms with Crippen molar-refractivity contribution in [3.63, 3.8) is 0 Å². The normalized spacial score (nSPS) is 21.9. The van der Waals surface area contributed by atoms with E-state index in [9.17, 15) is 4.79 Å². The minimum absolute atomic E-state index is 0. The van der Waals surface area contributed by atoms with Gasteiger partial charge >= 0.3 is 0 Å². The number of carbonyl (C=O) groups is 1. The Bertz CT molecular complexity index is 612. The third kappa shape index (κ3) is 5.44. The van der Waals surface area contributed by atoms with E-state index in [1.54, 1.807) is 0 Å².